The highest BCUT2D eigenvalue weighted by Crippen LogP contribution is 2.75. The zero-order chi connectivity index (χ0) is 25.8. The summed E-state index contributed by atoms with van der Waals surface area (Å²) in [6.45, 7) is 16.4. The molecule has 0 spiro atoms. The first-order chi connectivity index (χ1) is 16.1. The number of carbonyl (C=O) groups is 1. The van der Waals surface area contributed by atoms with Gasteiger partial charge in [-0.25, -0.2) is 0 Å². The number of ether oxygens (including phenoxy) is 1. The SMILES string of the molecule is COC(=O)[C@]12CCC(C)(C)[C@@H](O)C1C1=CCC3[C@@]4(C)CC[C@H](O)C(C)(C)C4CC[C@@]3(C)[C@]1(C)CC2. The molecule has 0 aromatic heterocycles. The second-order valence-corrected chi connectivity index (χ2v) is 15.2. The maximum absolute atomic E-state index is 13.4. The first-order valence-electron chi connectivity index (χ1n) is 14.3. The summed E-state index contributed by atoms with van der Waals surface area (Å²) >= 11 is 0. The van der Waals surface area contributed by atoms with E-state index in [-0.39, 0.29) is 45.1 Å². The van der Waals surface area contributed by atoms with Crippen molar-refractivity contribution in [1.82, 2.24) is 0 Å². The molecule has 0 bridgehead atoms. The summed E-state index contributed by atoms with van der Waals surface area (Å²) in [6, 6.07) is 0. The van der Waals surface area contributed by atoms with Crippen LogP contribution in [0.2, 0.25) is 0 Å². The van der Waals surface area contributed by atoms with E-state index in [0.29, 0.717) is 11.8 Å². The second-order valence-electron chi connectivity index (χ2n) is 15.2. The number of hydrogen-bond donors (Lipinski definition) is 2. The summed E-state index contributed by atoms with van der Waals surface area (Å²) in [5.74, 6) is 0.789. The van der Waals surface area contributed by atoms with Crippen LogP contribution >= 0.6 is 0 Å². The highest BCUT2D eigenvalue weighted by molar-refractivity contribution is 5.79. The average molecular weight is 487 g/mol. The lowest BCUT2D eigenvalue weighted by molar-refractivity contribution is -0.213. The molecule has 4 fully saturated rings. The van der Waals surface area contributed by atoms with Crippen LogP contribution in [0.15, 0.2) is 11.6 Å². The highest BCUT2D eigenvalue weighted by atomic mass is 16.5. The van der Waals surface area contributed by atoms with Crippen LogP contribution < -0.4 is 0 Å². The number of aliphatic hydroxyl groups excluding tert-OH is 2. The highest BCUT2D eigenvalue weighted by Gasteiger charge is 2.70. The minimum Gasteiger partial charge on any atom is -0.469 e. The standard InChI is InChI=1S/C31H50O4/c1-26(2)15-17-31(25(34)35-8)18-16-29(6)19(23(31)24(26)33)9-10-21-28(5)13-12-22(32)27(3,4)20(28)11-14-30(21,29)7/h9,20-24,32-33H,10-18H2,1-8H3/t20?,21?,22-,23?,24-,28-,29+,30+,31-/m0/s1. The average Bonchev–Trinajstić information content (AvgIpc) is 2.79. The molecule has 0 aromatic rings. The van der Waals surface area contributed by atoms with Crippen molar-refractivity contribution in [3.05, 3.63) is 11.6 Å². The first kappa shape index (κ1) is 25.8. The molecule has 5 aliphatic carbocycles. The molecule has 4 nitrogen and oxygen atoms in total. The molecular formula is C31H50O4. The van der Waals surface area contributed by atoms with Crippen LogP contribution in [0.25, 0.3) is 0 Å². The molecule has 2 N–H and O–H groups in total. The van der Waals surface area contributed by atoms with Crippen molar-refractivity contribution < 1.29 is 19.7 Å². The van der Waals surface area contributed by atoms with Gasteiger partial charge in [-0.1, -0.05) is 60.1 Å². The zero-order valence-corrected chi connectivity index (χ0v) is 23.5. The molecule has 0 aliphatic heterocycles. The molecule has 5 rings (SSSR count). The van der Waals surface area contributed by atoms with Crippen molar-refractivity contribution in [2.45, 2.75) is 118 Å². The van der Waals surface area contributed by atoms with Crippen molar-refractivity contribution in [2.75, 3.05) is 7.11 Å². The summed E-state index contributed by atoms with van der Waals surface area (Å²) in [5, 5.41) is 22.8. The number of carbonyl (C=O) groups excluding carboxylic acids is 1. The predicted octanol–water partition coefficient (Wildman–Crippen LogP) is 6.29. The van der Waals surface area contributed by atoms with Crippen LogP contribution in [0, 0.1) is 50.2 Å². The Morgan fingerprint density at radius 1 is 0.886 bits per heavy atom. The number of hydrogen-bond acceptors (Lipinski definition) is 4. The number of methoxy groups -OCH3 is 1. The maximum Gasteiger partial charge on any atom is 0.312 e. The van der Waals surface area contributed by atoms with Gasteiger partial charge in [-0.05, 0) is 96.7 Å². The number of rotatable bonds is 1. The summed E-state index contributed by atoms with van der Waals surface area (Å²) in [5.41, 5.74) is 0.746. The number of esters is 1. The summed E-state index contributed by atoms with van der Waals surface area (Å²) in [6.07, 6.45) is 10.4. The molecule has 5 aliphatic rings. The third kappa shape index (κ3) is 3.02. The second kappa shape index (κ2) is 7.59. The monoisotopic (exact) mass is 486 g/mol. The van der Waals surface area contributed by atoms with Gasteiger partial charge >= 0.3 is 5.97 Å². The van der Waals surface area contributed by atoms with Crippen molar-refractivity contribution in [3.8, 4) is 0 Å². The Hall–Kier alpha value is -0.870. The minimum atomic E-state index is -0.601. The van der Waals surface area contributed by atoms with Crippen molar-refractivity contribution in [3.63, 3.8) is 0 Å². The van der Waals surface area contributed by atoms with Crippen molar-refractivity contribution in [1.29, 1.82) is 0 Å². The van der Waals surface area contributed by atoms with E-state index in [4.69, 9.17) is 4.74 Å². The normalized spacial score (nSPS) is 52.2. The molecule has 0 aromatic carbocycles. The molecule has 0 heterocycles. The molecular weight excluding hydrogens is 436 g/mol. The van der Waals surface area contributed by atoms with Gasteiger partial charge in [0.2, 0.25) is 0 Å². The minimum absolute atomic E-state index is 0.0410. The Morgan fingerprint density at radius 2 is 1.54 bits per heavy atom. The molecule has 0 saturated heterocycles. The quantitative estimate of drug-likeness (QED) is 0.337. The van der Waals surface area contributed by atoms with Gasteiger partial charge in [-0.2, -0.15) is 0 Å². The van der Waals surface area contributed by atoms with E-state index in [9.17, 15) is 15.0 Å². The summed E-state index contributed by atoms with van der Waals surface area (Å²) in [4.78, 5) is 13.4. The van der Waals surface area contributed by atoms with Crippen LogP contribution in [0.3, 0.4) is 0 Å². The van der Waals surface area contributed by atoms with Crippen molar-refractivity contribution >= 4 is 5.97 Å². The van der Waals surface area contributed by atoms with Crippen molar-refractivity contribution in [2.24, 2.45) is 50.2 Å². The van der Waals surface area contributed by atoms with E-state index >= 15 is 0 Å². The third-order valence-corrected chi connectivity index (χ3v) is 13.4. The molecule has 198 valence electrons. The van der Waals surface area contributed by atoms with E-state index in [2.05, 4.69) is 54.5 Å². The molecule has 0 amide bonds. The summed E-state index contributed by atoms with van der Waals surface area (Å²) in [7, 11) is 1.52. The molecule has 3 unspecified atom stereocenters. The molecule has 4 heteroatoms. The van der Waals surface area contributed by atoms with E-state index in [1.54, 1.807) is 0 Å². The number of aliphatic hydroxyl groups is 2. The van der Waals surface area contributed by atoms with Crippen LogP contribution in [-0.4, -0.2) is 35.5 Å². The first-order valence-corrected chi connectivity index (χ1v) is 14.3. The van der Waals surface area contributed by atoms with Gasteiger partial charge < -0.3 is 14.9 Å². The van der Waals surface area contributed by atoms with Crippen LogP contribution in [0.4, 0.5) is 0 Å². The van der Waals surface area contributed by atoms with E-state index < -0.39 is 11.5 Å². The number of fused-ring (bicyclic) bond motifs is 7. The lowest BCUT2D eigenvalue weighted by Crippen LogP contribution is -2.66. The van der Waals surface area contributed by atoms with Crippen LogP contribution in [0.1, 0.15) is 106 Å². The fraction of sp³-hybridized carbons (Fsp3) is 0.903. The lowest BCUT2D eigenvalue weighted by Gasteiger charge is -2.71. The fourth-order valence-electron chi connectivity index (χ4n) is 10.8. The molecule has 0 radical (unpaired) electrons. The molecule has 35 heavy (non-hydrogen) atoms. The topological polar surface area (TPSA) is 66.8 Å². The van der Waals surface area contributed by atoms with Gasteiger partial charge in [-0.15, -0.1) is 0 Å². The smallest absolute Gasteiger partial charge is 0.312 e. The Kier molecular flexibility index (Phi) is 5.59. The van der Waals surface area contributed by atoms with E-state index in [1.807, 2.05) is 0 Å². The Labute approximate surface area is 213 Å². The van der Waals surface area contributed by atoms with Gasteiger partial charge in [0, 0.05) is 5.92 Å². The Balaban J connectivity index is 1.63. The largest absolute Gasteiger partial charge is 0.469 e. The van der Waals surface area contributed by atoms with Gasteiger partial charge in [-0.3, -0.25) is 4.79 Å². The lowest BCUT2D eigenvalue weighted by atomic mass is 9.33. The van der Waals surface area contributed by atoms with Crippen LogP contribution in [0.5, 0.6) is 0 Å². The van der Waals surface area contributed by atoms with Crippen LogP contribution in [-0.2, 0) is 9.53 Å². The van der Waals surface area contributed by atoms with Gasteiger partial charge in [0.05, 0.1) is 24.7 Å². The predicted molar refractivity (Wildman–Crippen MR) is 138 cm³/mol. The Bertz CT molecular complexity index is 934. The molecule has 9 atom stereocenters. The zero-order valence-electron chi connectivity index (χ0n) is 23.5. The van der Waals surface area contributed by atoms with E-state index in [1.165, 1.54) is 12.7 Å². The maximum atomic E-state index is 13.4. The summed E-state index contributed by atoms with van der Waals surface area (Å²) < 4.78 is 5.43. The Morgan fingerprint density at radius 3 is 2.20 bits per heavy atom. The molecule has 4 saturated carbocycles. The third-order valence-electron chi connectivity index (χ3n) is 13.4. The van der Waals surface area contributed by atoms with E-state index in [0.717, 1.165) is 57.8 Å². The van der Waals surface area contributed by atoms with Gasteiger partial charge in [0.25, 0.3) is 0 Å². The van der Waals surface area contributed by atoms with Gasteiger partial charge in [0.1, 0.15) is 0 Å². The number of allylic oxidation sites excluding steroid dienone is 1. The fourth-order valence-corrected chi connectivity index (χ4v) is 10.8. The van der Waals surface area contributed by atoms with Gasteiger partial charge in [0.15, 0.2) is 0 Å².